The van der Waals surface area contributed by atoms with E-state index >= 15 is 0 Å². The van der Waals surface area contributed by atoms with E-state index in [1.165, 1.54) is 4.57 Å². The number of carboxylic acid groups (broad SMARTS) is 1. The summed E-state index contributed by atoms with van der Waals surface area (Å²) in [5, 5.41) is 8.62. The highest BCUT2D eigenvalue weighted by Crippen LogP contribution is 2.19. The molecular weight excluding hydrogens is 360 g/mol. The molecule has 2 aromatic heterocycles. The van der Waals surface area contributed by atoms with E-state index in [4.69, 9.17) is 5.11 Å². The average Bonchev–Trinajstić information content (AvgIpc) is 3.13. The van der Waals surface area contributed by atoms with Gasteiger partial charge in [0.25, 0.3) is 5.56 Å². The Bertz CT molecular complexity index is 1200. The van der Waals surface area contributed by atoms with Gasteiger partial charge in [-0.3, -0.25) is 13.9 Å². The predicted octanol–water partition coefficient (Wildman–Crippen LogP) is 1.81. The van der Waals surface area contributed by atoms with Crippen molar-refractivity contribution < 1.29 is 9.90 Å². The van der Waals surface area contributed by atoms with E-state index in [1.807, 2.05) is 13.8 Å². The molecule has 0 saturated heterocycles. The van der Waals surface area contributed by atoms with Gasteiger partial charge in [0.05, 0.1) is 0 Å². The van der Waals surface area contributed by atoms with Gasteiger partial charge in [-0.05, 0) is 25.0 Å². The van der Waals surface area contributed by atoms with E-state index in [-0.39, 0.29) is 11.2 Å². The zero-order valence-electron chi connectivity index (χ0n) is 15.7. The molecule has 2 N–H and O–H groups in total. The number of nitrogens with zero attached hydrogens (tertiary/aromatic N) is 3. The van der Waals surface area contributed by atoms with Crippen LogP contribution in [-0.4, -0.2) is 30.2 Å². The summed E-state index contributed by atoms with van der Waals surface area (Å²) in [6.07, 6.45) is 1.41. The van der Waals surface area contributed by atoms with Crippen molar-refractivity contribution in [2.24, 2.45) is 0 Å². The quantitative estimate of drug-likeness (QED) is 0.656. The Morgan fingerprint density at radius 1 is 1.11 bits per heavy atom. The van der Waals surface area contributed by atoms with Crippen LogP contribution in [0.4, 0.5) is 0 Å². The number of imidazole rings is 1. The summed E-state index contributed by atoms with van der Waals surface area (Å²) in [4.78, 5) is 43.5. The summed E-state index contributed by atoms with van der Waals surface area (Å²) >= 11 is 0. The molecule has 0 bridgehead atoms. The molecule has 0 aliphatic carbocycles. The van der Waals surface area contributed by atoms with E-state index in [1.54, 1.807) is 28.8 Å². The summed E-state index contributed by atoms with van der Waals surface area (Å²) in [6, 6.07) is 6.81. The number of fused-ring (bicyclic) bond motifs is 1. The second kappa shape index (κ2) is 7.96. The molecule has 3 aromatic rings. The van der Waals surface area contributed by atoms with E-state index in [2.05, 4.69) is 21.8 Å². The molecule has 0 saturated carbocycles. The Labute approximate surface area is 160 Å². The van der Waals surface area contributed by atoms with Crippen LogP contribution in [0.3, 0.4) is 0 Å². The first-order valence-corrected chi connectivity index (χ1v) is 9.05. The minimum Gasteiger partial charge on any atom is -0.472 e. The number of hydrogen-bond acceptors (Lipinski definition) is 4. The predicted molar refractivity (Wildman–Crippen MR) is 105 cm³/mol. The van der Waals surface area contributed by atoms with Crippen LogP contribution in [0.2, 0.25) is 0 Å². The first kappa shape index (κ1) is 19.2. The molecule has 2 heterocycles. The van der Waals surface area contributed by atoms with E-state index in [9.17, 15) is 14.4 Å². The molecule has 0 atom stereocenters. The van der Waals surface area contributed by atoms with Crippen LogP contribution in [-0.2, 0) is 17.9 Å². The van der Waals surface area contributed by atoms with Gasteiger partial charge in [-0.15, -0.1) is 0 Å². The molecular formula is C20H20N4O4. The Morgan fingerprint density at radius 2 is 1.75 bits per heavy atom. The number of aryl methyl sites for hydroxylation is 1. The Kier molecular flexibility index (Phi) is 5.45. The highest BCUT2D eigenvalue weighted by Gasteiger charge is 2.17. The van der Waals surface area contributed by atoms with Crippen molar-refractivity contribution in [3.8, 4) is 23.2 Å². The molecule has 0 spiro atoms. The van der Waals surface area contributed by atoms with Crippen LogP contribution in [0, 0.1) is 11.8 Å². The van der Waals surface area contributed by atoms with Crippen LogP contribution in [0.5, 0.6) is 0 Å². The zero-order valence-corrected chi connectivity index (χ0v) is 15.7. The van der Waals surface area contributed by atoms with Crippen LogP contribution >= 0.6 is 0 Å². The number of hydrogen-bond donors (Lipinski definition) is 2. The molecule has 8 heteroatoms. The van der Waals surface area contributed by atoms with Gasteiger partial charge in [0, 0.05) is 30.1 Å². The smallest absolute Gasteiger partial charge is 0.382 e. The topological polar surface area (TPSA) is 110 Å². The van der Waals surface area contributed by atoms with Crippen LogP contribution in [0.25, 0.3) is 22.6 Å². The second-order valence-electron chi connectivity index (χ2n) is 6.31. The van der Waals surface area contributed by atoms with Gasteiger partial charge in [-0.2, -0.15) is 0 Å². The van der Waals surface area contributed by atoms with Gasteiger partial charge in [0.2, 0.25) is 0 Å². The molecule has 3 rings (SSSR count). The third-order valence-electron chi connectivity index (χ3n) is 4.23. The third-order valence-corrected chi connectivity index (χ3v) is 4.23. The third kappa shape index (κ3) is 3.60. The zero-order chi connectivity index (χ0) is 20.3. The highest BCUT2D eigenvalue weighted by atomic mass is 16.4. The van der Waals surface area contributed by atoms with Gasteiger partial charge < -0.3 is 10.1 Å². The number of aromatic amines is 1. The summed E-state index contributed by atoms with van der Waals surface area (Å²) in [5.74, 6) is 3.86. The van der Waals surface area contributed by atoms with Crippen LogP contribution in [0.1, 0.15) is 32.3 Å². The number of nitrogens with one attached hydrogen (secondary N) is 1. The molecule has 0 aliphatic rings. The Hall–Kier alpha value is -3.60. The molecule has 0 fully saturated rings. The SMILES string of the molecule is CCCn1c(=O)c2nc(-c3ccc(C#CC(=O)O)cc3)[nH]c2n(CCC)c1=O. The number of aliphatic carboxylic acids is 1. The van der Waals surface area contributed by atoms with E-state index in [0.717, 1.165) is 6.42 Å². The van der Waals surface area contributed by atoms with Gasteiger partial charge in [0.1, 0.15) is 11.5 Å². The molecule has 1 aromatic carbocycles. The molecule has 0 unspecified atom stereocenters. The Morgan fingerprint density at radius 3 is 2.36 bits per heavy atom. The van der Waals surface area contributed by atoms with Crippen molar-refractivity contribution in [1.82, 2.24) is 19.1 Å². The van der Waals surface area contributed by atoms with Gasteiger partial charge in [0.15, 0.2) is 5.52 Å². The summed E-state index contributed by atoms with van der Waals surface area (Å²) in [7, 11) is 0. The number of carbonyl (C=O) groups is 1. The number of H-pyrrole nitrogens is 1. The van der Waals surface area contributed by atoms with Crippen molar-refractivity contribution >= 4 is 17.1 Å². The second-order valence-corrected chi connectivity index (χ2v) is 6.31. The minimum atomic E-state index is -1.20. The number of benzene rings is 1. The first-order chi connectivity index (χ1) is 13.5. The van der Waals surface area contributed by atoms with Crippen molar-refractivity contribution in [3.63, 3.8) is 0 Å². The maximum Gasteiger partial charge on any atom is 0.382 e. The average molecular weight is 380 g/mol. The minimum absolute atomic E-state index is 0.228. The van der Waals surface area contributed by atoms with Crippen LogP contribution in [0.15, 0.2) is 33.9 Å². The Balaban J connectivity index is 2.14. The van der Waals surface area contributed by atoms with Crippen LogP contribution < -0.4 is 11.2 Å². The normalized spacial score (nSPS) is 10.6. The number of aromatic nitrogens is 4. The van der Waals surface area contributed by atoms with Crippen molar-refractivity contribution in [3.05, 3.63) is 50.7 Å². The highest BCUT2D eigenvalue weighted by molar-refractivity contribution is 5.87. The van der Waals surface area contributed by atoms with Crippen molar-refractivity contribution in [2.45, 2.75) is 39.8 Å². The monoisotopic (exact) mass is 380 g/mol. The largest absolute Gasteiger partial charge is 0.472 e. The summed E-state index contributed by atoms with van der Waals surface area (Å²) < 4.78 is 2.78. The fourth-order valence-electron chi connectivity index (χ4n) is 2.99. The number of rotatable bonds is 5. The van der Waals surface area contributed by atoms with Gasteiger partial charge in [-0.25, -0.2) is 14.6 Å². The van der Waals surface area contributed by atoms with Crippen molar-refractivity contribution in [2.75, 3.05) is 0 Å². The molecule has 8 nitrogen and oxygen atoms in total. The summed E-state index contributed by atoms with van der Waals surface area (Å²) in [5.41, 5.74) is 1.15. The summed E-state index contributed by atoms with van der Waals surface area (Å²) in [6.45, 7) is 4.69. The van der Waals surface area contributed by atoms with Gasteiger partial charge in [-0.1, -0.05) is 31.9 Å². The lowest BCUT2D eigenvalue weighted by molar-refractivity contribution is -0.130. The molecule has 28 heavy (non-hydrogen) atoms. The number of carboxylic acids is 1. The first-order valence-electron chi connectivity index (χ1n) is 9.05. The van der Waals surface area contributed by atoms with Crippen molar-refractivity contribution in [1.29, 1.82) is 0 Å². The lowest BCUT2D eigenvalue weighted by Gasteiger charge is -2.09. The fraction of sp³-hybridized carbons (Fsp3) is 0.300. The lowest BCUT2D eigenvalue weighted by atomic mass is 10.1. The lowest BCUT2D eigenvalue weighted by Crippen LogP contribution is -2.40. The standard InChI is InChI=1S/C20H20N4O4/c1-3-11-23-18-16(19(27)24(12-4-2)20(23)28)21-17(22-18)14-8-5-13(6-9-14)7-10-15(25)26/h5-6,8-9H,3-4,11-12H2,1-2H3,(H,21,22)(H,25,26). The van der Waals surface area contributed by atoms with E-state index < -0.39 is 11.5 Å². The maximum atomic E-state index is 12.7. The van der Waals surface area contributed by atoms with E-state index in [0.29, 0.717) is 42.1 Å². The molecule has 0 radical (unpaired) electrons. The molecule has 0 aliphatic heterocycles. The maximum absolute atomic E-state index is 12.7. The molecule has 144 valence electrons. The van der Waals surface area contributed by atoms with Gasteiger partial charge >= 0.3 is 11.7 Å². The fourth-order valence-corrected chi connectivity index (χ4v) is 2.99. The molecule has 0 amide bonds.